The van der Waals surface area contributed by atoms with Crippen molar-refractivity contribution in [2.45, 2.75) is 45.8 Å². The minimum Gasteiger partial charge on any atom is -0.454 e. The van der Waals surface area contributed by atoms with E-state index < -0.39 is 5.60 Å². The number of fused-ring (bicyclic) bond motifs is 1. The molecule has 0 aromatic heterocycles. The molecule has 1 aromatic carbocycles. The van der Waals surface area contributed by atoms with Crippen molar-refractivity contribution in [3.63, 3.8) is 0 Å². The molecule has 1 aromatic rings. The van der Waals surface area contributed by atoms with Gasteiger partial charge in [0.05, 0.1) is 0 Å². The zero-order chi connectivity index (χ0) is 13.8. The lowest BCUT2D eigenvalue weighted by Crippen LogP contribution is -2.38. The third kappa shape index (κ3) is 2.91. The predicted octanol–water partition coefficient (Wildman–Crippen LogP) is 2.64. The summed E-state index contributed by atoms with van der Waals surface area (Å²) in [6.45, 7) is 7.86. The van der Waals surface area contributed by atoms with Crippen molar-refractivity contribution in [2.24, 2.45) is 0 Å². The molecular formula is C15H23NO2. The Hall–Kier alpha value is -1.35. The fourth-order valence-corrected chi connectivity index (χ4v) is 2.19. The molecule has 2 rings (SSSR count). The van der Waals surface area contributed by atoms with Gasteiger partial charge in [0.1, 0.15) is 11.6 Å². The lowest BCUT2D eigenvalue weighted by molar-refractivity contribution is -0.158. The van der Waals surface area contributed by atoms with Gasteiger partial charge in [-0.15, -0.1) is 0 Å². The van der Waals surface area contributed by atoms with Gasteiger partial charge >= 0.3 is 5.97 Å². The molecule has 0 amide bonds. The Balaban J connectivity index is 0.000000771. The number of hydrogen-bond donors (Lipinski definition) is 1. The molecule has 3 heteroatoms. The van der Waals surface area contributed by atoms with E-state index in [0.29, 0.717) is 6.42 Å². The first-order chi connectivity index (χ1) is 8.54. The van der Waals surface area contributed by atoms with Gasteiger partial charge in [0.2, 0.25) is 0 Å². The van der Waals surface area contributed by atoms with Crippen LogP contribution in [-0.4, -0.2) is 19.1 Å². The van der Waals surface area contributed by atoms with E-state index in [1.54, 1.807) is 7.05 Å². The molecule has 0 saturated carbocycles. The van der Waals surface area contributed by atoms with E-state index >= 15 is 0 Å². The average molecular weight is 249 g/mol. The summed E-state index contributed by atoms with van der Waals surface area (Å²) in [5.41, 5.74) is 1.73. The van der Waals surface area contributed by atoms with Gasteiger partial charge in [0, 0.05) is 0 Å². The summed E-state index contributed by atoms with van der Waals surface area (Å²) in [6.07, 6.45) is 0.689. The molecule has 18 heavy (non-hydrogen) atoms. The number of rotatable bonds is 1. The molecular weight excluding hydrogens is 226 g/mol. The highest BCUT2D eigenvalue weighted by Crippen LogP contribution is 2.31. The Labute approximate surface area is 110 Å². The Morgan fingerprint density at radius 3 is 2.50 bits per heavy atom. The maximum absolute atomic E-state index is 11.8. The summed E-state index contributed by atoms with van der Waals surface area (Å²) < 4.78 is 5.53. The molecule has 0 radical (unpaired) electrons. The van der Waals surface area contributed by atoms with Crippen molar-refractivity contribution in [3.8, 4) is 0 Å². The summed E-state index contributed by atoms with van der Waals surface area (Å²) in [5, 5.41) is 3.00. The first-order valence-corrected chi connectivity index (χ1v) is 6.53. The molecule has 1 N–H and O–H groups in total. The number of carbonyl (C=O) groups is 1. The Morgan fingerprint density at radius 1 is 1.28 bits per heavy atom. The number of likely N-dealkylation sites (N-methyl/N-ethyl adjacent to an activating group) is 1. The largest absolute Gasteiger partial charge is 0.454 e. The van der Waals surface area contributed by atoms with Crippen LogP contribution in [0, 0.1) is 0 Å². The smallest absolute Gasteiger partial charge is 0.324 e. The molecule has 0 saturated heterocycles. The van der Waals surface area contributed by atoms with Gasteiger partial charge in [-0.25, -0.2) is 0 Å². The van der Waals surface area contributed by atoms with Crippen molar-refractivity contribution in [1.29, 1.82) is 0 Å². The van der Waals surface area contributed by atoms with Gasteiger partial charge in [-0.05, 0) is 38.4 Å². The lowest BCUT2D eigenvalue weighted by atomic mass is 9.91. The quantitative estimate of drug-likeness (QED) is 0.778. The molecule has 3 nitrogen and oxygen atoms in total. The van der Waals surface area contributed by atoms with E-state index in [4.69, 9.17) is 4.74 Å². The van der Waals surface area contributed by atoms with E-state index in [2.05, 4.69) is 11.4 Å². The van der Waals surface area contributed by atoms with Crippen molar-refractivity contribution < 1.29 is 9.53 Å². The number of cyclic esters (lactones) is 1. The Kier molecular flexibility index (Phi) is 4.91. The van der Waals surface area contributed by atoms with Gasteiger partial charge in [-0.3, -0.25) is 4.79 Å². The molecule has 0 aliphatic carbocycles. The van der Waals surface area contributed by atoms with Gasteiger partial charge in [0.25, 0.3) is 0 Å². The molecule has 0 spiro atoms. The minimum absolute atomic E-state index is 0.177. The van der Waals surface area contributed by atoms with Crippen molar-refractivity contribution in [3.05, 3.63) is 35.4 Å². The summed E-state index contributed by atoms with van der Waals surface area (Å²) in [5.74, 6) is -0.177. The van der Waals surface area contributed by atoms with Crippen LogP contribution in [0.4, 0.5) is 0 Å². The summed E-state index contributed by atoms with van der Waals surface area (Å²) >= 11 is 0. The van der Waals surface area contributed by atoms with E-state index in [9.17, 15) is 4.79 Å². The van der Waals surface area contributed by atoms with E-state index in [1.165, 1.54) is 5.56 Å². The highest BCUT2D eigenvalue weighted by molar-refractivity contribution is 5.77. The van der Waals surface area contributed by atoms with E-state index in [0.717, 1.165) is 5.56 Å². The second-order valence-corrected chi connectivity index (χ2v) is 4.63. The zero-order valence-electron chi connectivity index (χ0n) is 11.9. The molecule has 1 aliphatic rings. The van der Waals surface area contributed by atoms with Gasteiger partial charge < -0.3 is 10.1 Å². The van der Waals surface area contributed by atoms with E-state index in [1.807, 2.05) is 45.9 Å². The molecule has 1 heterocycles. The number of carbonyl (C=O) groups excluding carboxylic acids is 1. The fraction of sp³-hybridized carbons (Fsp3) is 0.533. The molecule has 1 atom stereocenters. The van der Waals surface area contributed by atoms with Crippen LogP contribution < -0.4 is 5.32 Å². The average Bonchev–Trinajstić information content (AvgIpc) is 2.46. The number of hydrogen-bond acceptors (Lipinski definition) is 3. The monoisotopic (exact) mass is 249 g/mol. The Bertz CT molecular complexity index is 413. The summed E-state index contributed by atoms with van der Waals surface area (Å²) in [6, 6.07) is 7.82. The third-order valence-electron chi connectivity index (χ3n) is 3.08. The van der Waals surface area contributed by atoms with Crippen LogP contribution in [-0.2, 0) is 21.6 Å². The lowest BCUT2D eigenvalue weighted by Gasteiger charge is -2.25. The first kappa shape index (κ1) is 14.7. The predicted molar refractivity (Wildman–Crippen MR) is 73.5 cm³/mol. The molecule has 1 unspecified atom stereocenters. The first-order valence-electron chi connectivity index (χ1n) is 6.53. The third-order valence-corrected chi connectivity index (χ3v) is 3.08. The van der Waals surface area contributed by atoms with Crippen LogP contribution in [0.5, 0.6) is 0 Å². The molecule has 0 bridgehead atoms. The number of benzene rings is 1. The van der Waals surface area contributed by atoms with Crippen molar-refractivity contribution >= 4 is 5.97 Å². The summed E-state index contributed by atoms with van der Waals surface area (Å²) in [4.78, 5) is 11.8. The topological polar surface area (TPSA) is 38.3 Å². The van der Waals surface area contributed by atoms with Gasteiger partial charge in [0.15, 0.2) is 0 Å². The molecule has 1 aliphatic heterocycles. The van der Waals surface area contributed by atoms with Crippen LogP contribution in [0.3, 0.4) is 0 Å². The SMILES string of the molecule is CC.CNC1Cc2ccccc2C(C)(C)OC1=O. The number of nitrogens with one attached hydrogen (secondary N) is 1. The molecule has 100 valence electrons. The van der Waals surface area contributed by atoms with Crippen LogP contribution in [0.2, 0.25) is 0 Å². The zero-order valence-corrected chi connectivity index (χ0v) is 11.9. The van der Waals surface area contributed by atoms with Gasteiger partial charge in [-0.2, -0.15) is 0 Å². The van der Waals surface area contributed by atoms with Crippen LogP contribution in [0.15, 0.2) is 24.3 Å². The van der Waals surface area contributed by atoms with Crippen LogP contribution in [0.25, 0.3) is 0 Å². The number of ether oxygens (including phenoxy) is 1. The normalized spacial score (nSPS) is 20.9. The van der Waals surface area contributed by atoms with E-state index in [-0.39, 0.29) is 12.0 Å². The second kappa shape index (κ2) is 6.01. The van der Waals surface area contributed by atoms with Crippen LogP contribution in [0.1, 0.15) is 38.8 Å². The second-order valence-electron chi connectivity index (χ2n) is 4.63. The maximum atomic E-state index is 11.8. The van der Waals surface area contributed by atoms with Crippen LogP contribution >= 0.6 is 0 Å². The highest BCUT2D eigenvalue weighted by atomic mass is 16.6. The maximum Gasteiger partial charge on any atom is 0.324 e. The number of esters is 1. The molecule has 0 fully saturated rings. The Morgan fingerprint density at radius 2 is 1.89 bits per heavy atom. The fourth-order valence-electron chi connectivity index (χ4n) is 2.19. The van der Waals surface area contributed by atoms with Crippen molar-refractivity contribution in [1.82, 2.24) is 5.32 Å². The van der Waals surface area contributed by atoms with Crippen molar-refractivity contribution in [2.75, 3.05) is 7.05 Å². The standard InChI is InChI=1S/C13H17NO2.C2H6/c1-13(2)10-7-5-4-6-9(10)8-11(14-3)12(15)16-13;1-2/h4-7,11,14H,8H2,1-3H3;1-2H3. The minimum atomic E-state index is -0.542. The van der Waals surface area contributed by atoms with Gasteiger partial charge in [-0.1, -0.05) is 38.1 Å². The summed E-state index contributed by atoms with van der Waals surface area (Å²) in [7, 11) is 1.78. The highest BCUT2D eigenvalue weighted by Gasteiger charge is 2.35.